The van der Waals surface area contributed by atoms with Crippen molar-refractivity contribution in [3.8, 4) is 5.75 Å². The predicted octanol–water partition coefficient (Wildman–Crippen LogP) is 3.18. The number of hydrogen-bond donors (Lipinski definition) is 0. The van der Waals surface area contributed by atoms with E-state index < -0.39 is 0 Å². The number of likely N-dealkylation sites (N-methyl/N-ethyl adjacent to an activating group) is 1. The van der Waals surface area contributed by atoms with Gasteiger partial charge in [-0.25, -0.2) is 0 Å². The Morgan fingerprint density at radius 3 is 2.50 bits per heavy atom. The maximum absolute atomic E-state index is 12.7. The van der Waals surface area contributed by atoms with E-state index in [2.05, 4.69) is 25.8 Å². The summed E-state index contributed by atoms with van der Waals surface area (Å²) in [4.78, 5) is 16.8. The first kappa shape index (κ1) is 19.1. The van der Waals surface area contributed by atoms with Crippen molar-refractivity contribution in [3.63, 3.8) is 0 Å². The minimum Gasteiger partial charge on any atom is -0.492 e. The average Bonchev–Trinajstić information content (AvgIpc) is 2.46. The summed E-state index contributed by atoms with van der Waals surface area (Å²) in [6, 6.07) is 5.25. The molecule has 0 unspecified atom stereocenters. The topological polar surface area (TPSA) is 32.8 Å². The number of ether oxygens (including phenoxy) is 1. The van der Waals surface area contributed by atoms with Gasteiger partial charge in [0.05, 0.1) is 12.2 Å². The van der Waals surface area contributed by atoms with Gasteiger partial charge < -0.3 is 14.5 Å². The maximum atomic E-state index is 12.7. The lowest BCUT2D eigenvalue weighted by molar-refractivity contribution is 0.0659. The molecule has 0 aliphatic carbocycles. The fourth-order valence-electron chi connectivity index (χ4n) is 2.23. The molecule has 1 aromatic carbocycles. The monoisotopic (exact) mass is 346 g/mol. The largest absolute Gasteiger partial charge is 0.492 e. The summed E-state index contributed by atoms with van der Waals surface area (Å²) < 4.78 is 5.77. The molecule has 1 fully saturated rings. The standard InChI is InChI=1S/C16H23ClN2O2.ClH/c1-12(2)11-21-15-5-4-13(17)10-14(15)16(20)19-8-6-18(3)7-9-19;/h4-5,10,12H,6-9,11H2,1-3H3;1H. The number of rotatable bonds is 4. The summed E-state index contributed by atoms with van der Waals surface area (Å²) in [5.41, 5.74) is 0.563. The maximum Gasteiger partial charge on any atom is 0.257 e. The number of piperazine rings is 1. The number of benzene rings is 1. The van der Waals surface area contributed by atoms with Gasteiger partial charge in [-0.15, -0.1) is 12.4 Å². The van der Waals surface area contributed by atoms with Gasteiger partial charge in [0.15, 0.2) is 0 Å². The van der Waals surface area contributed by atoms with Crippen LogP contribution in [0.3, 0.4) is 0 Å². The number of carbonyl (C=O) groups is 1. The van der Waals surface area contributed by atoms with Gasteiger partial charge in [0.2, 0.25) is 0 Å². The molecule has 1 amide bonds. The lowest BCUT2D eigenvalue weighted by atomic mass is 10.1. The smallest absolute Gasteiger partial charge is 0.257 e. The Labute approximate surface area is 143 Å². The minimum absolute atomic E-state index is 0. The molecule has 0 atom stereocenters. The number of nitrogens with zero attached hydrogens (tertiary/aromatic N) is 2. The van der Waals surface area contributed by atoms with Gasteiger partial charge in [-0.1, -0.05) is 25.4 Å². The van der Waals surface area contributed by atoms with Crippen molar-refractivity contribution in [2.75, 3.05) is 39.8 Å². The molecule has 0 radical (unpaired) electrons. The number of hydrogen-bond acceptors (Lipinski definition) is 3. The summed E-state index contributed by atoms with van der Waals surface area (Å²) in [7, 11) is 2.07. The second-order valence-electron chi connectivity index (χ2n) is 5.94. The SMILES string of the molecule is CC(C)COc1ccc(Cl)cc1C(=O)N1CCN(C)CC1.Cl. The highest BCUT2D eigenvalue weighted by molar-refractivity contribution is 6.31. The molecule has 0 spiro atoms. The van der Waals surface area contributed by atoms with Crippen molar-refractivity contribution in [3.05, 3.63) is 28.8 Å². The van der Waals surface area contributed by atoms with E-state index in [1.165, 1.54) is 0 Å². The van der Waals surface area contributed by atoms with Crippen LogP contribution in [-0.4, -0.2) is 55.5 Å². The highest BCUT2D eigenvalue weighted by atomic mass is 35.5. The molecular formula is C16H24Cl2N2O2. The molecule has 0 N–H and O–H groups in total. The van der Waals surface area contributed by atoms with Crippen molar-refractivity contribution in [2.45, 2.75) is 13.8 Å². The third kappa shape index (κ3) is 5.04. The van der Waals surface area contributed by atoms with Crippen LogP contribution >= 0.6 is 24.0 Å². The predicted molar refractivity (Wildman–Crippen MR) is 92.4 cm³/mol. The van der Waals surface area contributed by atoms with E-state index in [1.54, 1.807) is 18.2 Å². The zero-order valence-electron chi connectivity index (χ0n) is 13.3. The highest BCUT2D eigenvalue weighted by Crippen LogP contribution is 2.25. The van der Waals surface area contributed by atoms with Gasteiger partial charge in [-0.2, -0.15) is 0 Å². The first-order valence-corrected chi connectivity index (χ1v) is 7.75. The average molecular weight is 347 g/mol. The molecule has 4 nitrogen and oxygen atoms in total. The molecule has 1 aliphatic rings. The summed E-state index contributed by atoms with van der Waals surface area (Å²) in [6.07, 6.45) is 0. The molecule has 1 heterocycles. The second kappa shape index (κ2) is 8.61. The van der Waals surface area contributed by atoms with Crippen LogP contribution in [0.5, 0.6) is 5.75 Å². The quantitative estimate of drug-likeness (QED) is 0.839. The number of halogens is 2. The molecule has 2 rings (SSSR count). The van der Waals surface area contributed by atoms with E-state index in [-0.39, 0.29) is 18.3 Å². The molecule has 124 valence electrons. The zero-order valence-corrected chi connectivity index (χ0v) is 14.9. The van der Waals surface area contributed by atoms with E-state index in [0.29, 0.717) is 28.9 Å². The lowest BCUT2D eigenvalue weighted by Crippen LogP contribution is -2.47. The molecule has 0 aromatic heterocycles. The molecular weight excluding hydrogens is 323 g/mol. The van der Waals surface area contributed by atoms with Crippen LogP contribution < -0.4 is 4.74 Å². The summed E-state index contributed by atoms with van der Waals surface area (Å²) >= 11 is 6.05. The summed E-state index contributed by atoms with van der Waals surface area (Å²) in [5, 5.41) is 0.560. The Kier molecular flexibility index (Phi) is 7.46. The van der Waals surface area contributed by atoms with Crippen molar-refractivity contribution in [2.24, 2.45) is 5.92 Å². The van der Waals surface area contributed by atoms with E-state index in [4.69, 9.17) is 16.3 Å². The van der Waals surface area contributed by atoms with Crippen LogP contribution in [0, 0.1) is 5.92 Å². The molecule has 1 aromatic rings. The van der Waals surface area contributed by atoms with E-state index >= 15 is 0 Å². The fraction of sp³-hybridized carbons (Fsp3) is 0.562. The van der Waals surface area contributed by atoms with Crippen LogP contribution in [0.2, 0.25) is 5.02 Å². The molecule has 0 bridgehead atoms. The summed E-state index contributed by atoms with van der Waals surface area (Å²) in [5.74, 6) is 1.04. The van der Waals surface area contributed by atoms with E-state index in [0.717, 1.165) is 26.2 Å². The van der Waals surface area contributed by atoms with Crippen LogP contribution in [0.15, 0.2) is 18.2 Å². The highest BCUT2D eigenvalue weighted by Gasteiger charge is 2.23. The fourth-order valence-corrected chi connectivity index (χ4v) is 2.40. The van der Waals surface area contributed by atoms with Gasteiger partial charge in [-0.3, -0.25) is 4.79 Å². The molecule has 0 saturated carbocycles. The zero-order chi connectivity index (χ0) is 15.4. The van der Waals surface area contributed by atoms with Gasteiger partial charge in [0, 0.05) is 31.2 Å². The first-order chi connectivity index (χ1) is 9.97. The first-order valence-electron chi connectivity index (χ1n) is 7.37. The van der Waals surface area contributed by atoms with Crippen LogP contribution in [0.4, 0.5) is 0 Å². The molecule has 1 saturated heterocycles. The van der Waals surface area contributed by atoms with Crippen LogP contribution in [-0.2, 0) is 0 Å². The van der Waals surface area contributed by atoms with Crippen molar-refractivity contribution >= 4 is 29.9 Å². The normalized spacial score (nSPS) is 15.6. The Balaban J connectivity index is 0.00000242. The van der Waals surface area contributed by atoms with Crippen molar-refractivity contribution in [1.82, 2.24) is 9.80 Å². The van der Waals surface area contributed by atoms with Crippen molar-refractivity contribution < 1.29 is 9.53 Å². The second-order valence-corrected chi connectivity index (χ2v) is 6.38. The van der Waals surface area contributed by atoms with E-state index in [9.17, 15) is 4.79 Å². The Morgan fingerprint density at radius 2 is 1.91 bits per heavy atom. The Hall–Kier alpha value is -0.970. The molecule has 1 aliphatic heterocycles. The number of amides is 1. The Bertz CT molecular complexity index is 501. The third-order valence-corrected chi connectivity index (χ3v) is 3.77. The molecule has 6 heteroatoms. The number of carbonyl (C=O) groups excluding carboxylic acids is 1. The van der Waals surface area contributed by atoms with Gasteiger partial charge in [-0.05, 0) is 31.2 Å². The Morgan fingerprint density at radius 1 is 1.27 bits per heavy atom. The molecule has 22 heavy (non-hydrogen) atoms. The van der Waals surface area contributed by atoms with Gasteiger partial charge in [0.25, 0.3) is 5.91 Å². The minimum atomic E-state index is 0. The van der Waals surface area contributed by atoms with Gasteiger partial charge >= 0.3 is 0 Å². The van der Waals surface area contributed by atoms with Gasteiger partial charge in [0.1, 0.15) is 5.75 Å². The van der Waals surface area contributed by atoms with E-state index in [1.807, 2.05) is 4.90 Å². The lowest BCUT2D eigenvalue weighted by Gasteiger charge is -2.32. The van der Waals surface area contributed by atoms with Crippen molar-refractivity contribution in [1.29, 1.82) is 0 Å². The third-order valence-electron chi connectivity index (χ3n) is 3.53. The van der Waals surface area contributed by atoms with Crippen LogP contribution in [0.25, 0.3) is 0 Å². The van der Waals surface area contributed by atoms with Crippen LogP contribution in [0.1, 0.15) is 24.2 Å². The summed E-state index contributed by atoms with van der Waals surface area (Å²) in [6.45, 7) is 8.03.